The minimum atomic E-state index is -4.97. The molecule has 4 heterocycles. The van der Waals surface area contributed by atoms with Crippen LogP contribution in [0.2, 0.25) is 5.02 Å². The lowest BCUT2D eigenvalue weighted by Gasteiger charge is -2.36. The fourth-order valence-corrected chi connectivity index (χ4v) is 6.48. The zero-order valence-electron chi connectivity index (χ0n) is 28.0. The summed E-state index contributed by atoms with van der Waals surface area (Å²) in [4.78, 5) is 52.3. The number of benzene rings is 1. The highest BCUT2D eigenvalue weighted by Gasteiger charge is 2.59. The van der Waals surface area contributed by atoms with Gasteiger partial charge in [-0.2, -0.15) is 18.3 Å². The van der Waals surface area contributed by atoms with Crippen molar-refractivity contribution in [1.82, 2.24) is 34.9 Å². The van der Waals surface area contributed by atoms with Crippen molar-refractivity contribution in [1.29, 1.82) is 0 Å². The summed E-state index contributed by atoms with van der Waals surface area (Å²) in [6.07, 6.45) is -4.51. The minimum absolute atomic E-state index is 0.00928. The van der Waals surface area contributed by atoms with E-state index in [9.17, 15) is 41.4 Å². The molecule has 14 nitrogen and oxygen atoms in total. The lowest BCUT2D eigenvalue weighted by Crippen LogP contribution is -2.46. The van der Waals surface area contributed by atoms with E-state index in [-0.39, 0.29) is 78.9 Å². The zero-order chi connectivity index (χ0) is 38.9. The molecule has 1 aromatic carbocycles. The second-order valence-electron chi connectivity index (χ2n) is 13.0. The van der Waals surface area contributed by atoms with E-state index in [1.165, 1.54) is 30.1 Å². The molecule has 2 aliphatic heterocycles. The van der Waals surface area contributed by atoms with Crippen molar-refractivity contribution in [3.05, 3.63) is 52.7 Å². The van der Waals surface area contributed by atoms with Gasteiger partial charge in [0.05, 0.1) is 40.2 Å². The van der Waals surface area contributed by atoms with Crippen LogP contribution < -0.4 is 16.0 Å². The predicted octanol–water partition coefficient (Wildman–Crippen LogP) is 3.66. The van der Waals surface area contributed by atoms with Gasteiger partial charge in [0.15, 0.2) is 11.5 Å². The highest BCUT2D eigenvalue weighted by molar-refractivity contribution is 6.34. The number of nitrogens with zero attached hydrogens (tertiary/aromatic N) is 5. The lowest BCUT2D eigenvalue weighted by molar-refractivity contribution is -0.141. The molecule has 0 spiro atoms. The van der Waals surface area contributed by atoms with E-state index in [2.05, 4.69) is 26.0 Å². The molecule has 5 N–H and O–H groups in total. The van der Waals surface area contributed by atoms with Crippen LogP contribution in [0, 0.1) is 0 Å². The van der Waals surface area contributed by atoms with Crippen LogP contribution in [-0.4, -0.2) is 109 Å². The number of carbonyl (C=O) groups is 4. The quantitative estimate of drug-likeness (QED) is 0.160. The molecule has 0 radical (unpaired) electrons. The molecule has 0 bridgehead atoms. The number of β-amino-alcohol motifs (C(OH)–C–C–N with tert-alkyl or cyclic N) is 1. The van der Waals surface area contributed by atoms with E-state index in [4.69, 9.17) is 21.5 Å². The van der Waals surface area contributed by atoms with Gasteiger partial charge in [0.25, 0.3) is 24.2 Å². The molecule has 288 valence electrons. The number of imidazole rings is 1. The number of nitrogens with one attached hydrogen (secondary N) is 3. The number of anilines is 1. The number of piperidine rings is 1. The Morgan fingerprint density at radius 1 is 1.15 bits per heavy atom. The summed E-state index contributed by atoms with van der Waals surface area (Å²) in [5.74, 6) is -5.12. The molecule has 3 atom stereocenters. The summed E-state index contributed by atoms with van der Waals surface area (Å²) in [5.41, 5.74) is -3.51. The standard InChI is InChI=1S/C31H33ClF6N8O4.CH2O2/c1-44-21(18-15-46(23-11-30(23,34)35)43-25(18)31(36,37)38)13-40-26(44)27(49)41-16-2-3-17(19(32)10-16)28(50)45-8-6-29(33,7-9-45)5-4-24(48)42-20-12-39-14-22(20)47;2-1-3/h2-3,10,13,15,20,22-23,39,47H,4-9,11-12,14H2,1H3,(H,41,49)(H,42,48);1H,(H,2,3)/t20-,22-,23?;/m0./s1. The van der Waals surface area contributed by atoms with Gasteiger partial charge >= 0.3 is 6.18 Å². The Balaban J connectivity index is 0.00000175. The van der Waals surface area contributed by atoms with E-state index in [1.54, 1.807) is 0 Å². The Bertz CT molecular complexity index is 1860. The predicted molar refractivity (Wildman–Crippen MR) is 175 cm³/mol. The molecule has 2 saturated heterocycles. The average Bonchev–Trinajstić information content (AvgIpc) is 3.47. The molecular formula is C32H35ClF6N8O6. The maximum absolute atomic E-state index is 15.5. The fraction of sp³-hybridized carbons (Fsp3) is 0.500. The first kappa shape index (κ1) is 39.5. The third-order valence-electron chi connectivity index (χ3n) is 9.31. The first-order chi connectivity index (χ1) is 24.9. The molecule has 1 saturated carbocycles. The van der Waals surface area contributed by atoms with E-state index in [1.807, 2.05) is 0 Å². The summed E-state index contributed by atoms with van der Waals surface area (Å²) in [5, 5.41) is 28.2. The van der Waals surface area contributed by atoms with Crippen LogP contribution in [0.3, 0.4) is 0 Å². The number of aliphatic hydroxyl groups is 1. The number of rotatable bonds is 9. The molecule has 2 aromatic heterocycles. The van der Waals surface area contributed by atoms with E-state index in [0.29, 0.717) is 17.8 Å². The first-order valence-electron chi connectivity index (χ1n) is 16.3. The number of carboxylic acid groups (broad SMARTS) is 1. The minimum Gasteiger partial charge on any atom is -0.483 e. The maximum atomic E-state index is 15.5. The Hall–Kier alpha value is -4.69. The SMILES string of the molecule is Cn1c(-c2cn(C3CC3(F)F)nc2C(F)(F)F)cnc1C(=O)Nc1ccc(C(=O)N2CCC(F)(CCC(=O)N[C@H]3CNC[C@@H]3O)CC2)c(Cl)c1.O=CO. The van der Waals surface area contributed by atoms with Crippen molar-refractivity contribution in [2.45, 2.75) is 68.1 Å². The number of hydrogen-bond acceptors (Lipinski definition) is 8. The topological polar surface area (TPSA) is 184 Å². The van der Waals surface area contributed by atoms with Crippen LogP contribution in [0.4, 0.5) is 32.0 Å². The fourth-order valence-electron chi connectivity index (χ4n) is 6.22. The zero-order valence-corrected chi connectivity index (χ0v) is 28.7. The van der Waals surface area contributed by atoms with Gasteiger partial charge in [-0.25, -0.2) is 18.2 Å². The van der Waals surface area contributed by atoms with Gasteiger partial charge in [-0.05, 0) is 37.5 Å². The molecule has 3 aromatic rings. The summed E-state index contributed by atoms with van der Waals surface area (Å²) in [6, 6.07) is 2.14. The second kappa shape index (κ2) is 15.3. The van der Waals surface area contributed by atoms with E-state index >= 15 is 4.39 Å². The highest BCUT2D eigenvalue weighted by Crippen LogP contribution is 2.53. The van der Waals surface area contributed by atoms with Gasteiger partial charge in [-0.1, -0.05) is 11.6 Å². The molecule has 1 aliphatic carbocycles. The number of carbonyl (C=O) groups excluding carboxylic acids is 3. The number of hydrogen-bond donors (Lipinski definition) is 5. The smallest absolute Gasteiger partial charge is 0.435 e. The molecule has 3 fully saturated rings. The van der Waals surface area contributed by atoms with E-state index in [0.717, 1.165) is 17.0 Å². The molecule has 3 amide bonds. The third-order valence-corrected chi connectivity index (χ3v) is 9.63. The molecule has 21 heteroatoms. The lowest BCUT2D eigenvalue weighted by atomic mass is 9.88. The largest absolute Gasteiger partial charge is 0.483 e. The summed E-state index contributed by atoms with van der Waals surface area (Å²) in [7, 11) is 1.29. The van der Waals surface area contributed by atoms with Crippen LogP contribution in [0.1, 0.15) is 64.8 Å². The molecule has 1 unspecified atom stereocenters. The Labute approximate surface area is 302 Å². The summed E-state index contributed by atoms with van der Waals surface area (Å²) in [6.45, 7) is 0.717. The third kappa shape index (κ3) is 8.93. The monoisotopic (exact) mass is 776 g/mol. The number of likely N-dealkylation sites (tertiary alicyclic amines) is 1. The van der Waals surface area contributed by atoms with Crippen LogP contribution in [0.5, 0.6) is 0 Å². The molecule has 53 heavy (non-hydrogen) atoms. The average molecular weight is 777 g/mol. The van der Waals surface area contributed by atoms with Crippen LogP contribution in [0.15, 0.2) is 30.6 Å². The van der Waals surface area contributed by atoms with Gasteiger partial charge in [0.2, 0.25) is 5.91 Å². The van der Waals surface area contributed by atoms with Crippen molar-refractivity contribution in [3.8, 4) is 11.3 Å². The highest BCUT2D eigenvalue weighted by atomic mass is 35.5. The Kier molecular flexibility index (Phi) is 11.4. The van der Waals surface area contributed by atoms with Crippen molar-refractivity contribution < 1.29 is 55.7 Å². The normalized spacial score (nSPS) is 21.7. The van der Waals surface area contributed by atoms with Gasteiger partial charge in [-0.15, -0.1) is 0 Å². The van der Waals surface area contributed by atoms with E-state index < -0.39 is 65.4 Å². The van der Waals surface area contributed by atoms with Crippen molar-refractivity contribution in [2.75, 3.05) is 31.5 Å². The Morgan fingerprint density at radius 3 is 2.38 bits per heavy atom. The van der Waals surface area contributed by atoms with Crippen molar-refractivity contribution in [3.63, 3.8) is 0 Å². The number of aliphatic hydroxyl groups excluding tert-OH is 1. The summed E-state index contributed by atoms with van der Waals surface area (Å²) >= 11 is 6.39. The van der Waals surface area contributed by atoms with Gasteiger partial charge in [0, 0.05) is 58.0 Å². The van der Waals surface area contributed by atoms with Gasteiger partial charge in [-0.3, -0.25) is 23.9 Å². The molecular weight excluding hydrogens is 742 g/mol. The first-order valence-corrected chi connectivity index (χ1v) is 16.7. The van der Waals surface area contributed by atoms with Crippen LogP contribution in [0.25, 0.3) is 11.3 Å². The van der Waals surface area contributed by atoms with Gasteiger partial charge < -0.3 is 35.6 Å². The van der Waals surface area contributed by atoms with Crippen LogP contribution >= 0.6 is 11.6 Å². The second-order valence-corrected chi connectivity index (χ2v) is 13.4. The Morgan fingerprint density at radius 2 is 1.81 bits per heavy atom. The van der Waals surface area contributed by atoms with Crippen LogP contribution in [-0.2, 0) is 22.8 Å². The molecule has 6 rings (SSSR count). The number of halogens is 7. The summed E-state index contributed by atoms with van der Waals surface area (Å²) < 4.78 is 85.6. The molecule has 3 aliphatic rings. The number of aromatic nitrogens is 4. The van der Waals surface area contributed by atoms with Crippen molar-refractivity contribution >= 4 is 41.5 Å². The number of amides is 3. The number of alkyl halides is 6. The maximum Gasteiger partial charge on any atom is 0.435 e. The van der Waals surface area contributed by atoms with Gasteiger partial charge in [0.1, 0.15) is 11.7 Å². The van der Waals surface area contributed by atoms with Crippen molar-refractivity contribution in [2.24, 2.45) is 7.05 Å².